The molecule has 1 aromatic rings. The second kappa shape index (κ2) is 11.6. The summed E-state index contributed by atoms with van der Waals surface area (Å²) in [5, 5.41) is 3.03. The highest BCUT2D eigenvalue weighted by molar-refractivity contribution is 5.54. The van der Waals surface area contributed by atoms with Crippen molar-refractivity contribution in [3.63, 3.8) is 0 Å². The lowest BCUT2D eigenvalue weighted by Crippen LogP contribution is -2.26. The van der Waals surface area contributed by atoms with E-state index in [9.17, 15) is 4.39 Å². The Kier molecular flexibility index (Phi) is 9.22. The minimum Gasteiger partial charge on any atom is -0.390 e. The quantitative estimate of drug-likeness (QED) is 0.245. The van der Waals surface area contributed by atoms with Gasteiger partial charge in [-0.15, -0.1) is 0 Å². The van der Waals surface area contributed by atoms with Crippen molar-refractivity contribution in [2.75, 3.05) is 5.32 Å². The van der Waals surface area contributed by atoms with Crippen molar-refractivity contribution in [3.05, 3.63) is 101 Å². The molecule has 33 heavy (non-hydrogen) atoms. The Morgan fingerprint density at radius 3 is 2.64 bits per heavy atom. The van der Waals surface area contributed by atoms with Crippen molar-refractivity contribution in [2.45, 2.75) is 60.4 Å². The van der Waals surface area contributed by atoms with E-state index in [4.69, 9.17) is 5.73 Å². The molecule has 3 nitrogen and oxygen atoms in total. The Labute approximate surface area is 199 Å². The van der Waals surface area contributed by atoms with Crippen LogP contribution in [0.15, 0.2) is 94.2 Å². The number of nitrogens with zero attached hydrogens (tertiary/aromatic N) is 1. The first-order valence-electron chi connectivity index (χ1n) is 11.4. The summed E-state index contributed by atoms with van der Waals surface area (Å²) >= 11 is 0. The van der Waals surface area contributed by atoms with Gasteiger partial charge in [-0.3, -0.25) is 4.99 Å². The molecule has 0 fully saturated rings. The first-order chi connectivity index (χ1) is 15.5. The smallest absolute Gasteiger partial charge is 0.149 e. The molecule has 1 aliphatic rings. The first kappa shape index (κ1) is 26.1. The van der Waals surface area contributed by atoms with Crippen LogP contribution in [0.2, 0.25) is 0 Å². The van der Waals surface area contributed by atoms with Gasteiger partial charge < -0.3 is 11.1 Å². The van der Waals surface area contributed by atoms with E-state index in [0.29, 0.717) is 16.9 Å². The van der Waals surface area contributed by atoms with Crippen LogP contribution in [-0.4, -0.2) is 12.4 Å². The fraction of sp³-hybridized carbons (Fsp3) is 0.345. The van der Waals surface area contributed by atoms with Crippen LogP contribution >= 0.6 is 0 Å². The lowest BCUT2D eigenvalue weighted by Gasteiger charge is -2.36. The summed E-state index contributed by atoms with van der Waals surface area (Å²) in [5.41, 5.74) is 12.1. The molecule has 0 radical (unpaired) electrons. The molecule has 1 aliphatic carbocycles. The minimum atomic E-state index is -0.252. The zero-order chi connectivity index (χ0) is 24.6. The summed E-state index contributed by atoms with van der Waals surface area (Å²) in [4.78, 5) is 4.43. The van der Waals surface area contributed by atoms with E-state index in [1.807, 2.05) is 31.2 Å². The zero-order valence-corrected chi connectivity index (χ0v) is 20.9. The van der Waals surface area contributed by atoms with Crippen molar-refractivity contribution < 1.29 is 4.39 Å². The number of nitrogens with two attached hydrogens (primary N) is 1. The molecule has 0 saturated heterocycles. The molecule has 0 amide bonds. The number of nitrogens with one attached hydrogen (secondary N) is 1. The van der Waals surface area contributed by atoms with Crippen LogP contribution in [0.3, 0.4) is 0 Å². The molecule has 0 bridgehead atoms. The van der Waals surface area contributed by atoms with E-state index >= 15 is 0 Å². The fourth-order valence-corrected chi connectivity index (χ4v) is 4.11. The highest BCUT2D eigenvalue weighted by Crippen LogP contribution is 2.42. The molecule has 1 unspecified atom stereocenters. The van der Waals surface area contributed by atoms with Gasteiger partial charge in [0.25, 0.3) is 0 Å². The van der Waals surface area contributed by atoms with E-state index in [1.54, 1.807) is 19.1 Å². The number of anilines is 1. The van der Waals surface area contributed by atoms with E-state index in [1.165, 1.54) is 17.5 Å². The summed E-state index contributed by atoms with van der Waals surface area (Å²) in [5.74, 6) is -0.252. The molecule has 0 saturated carbocycles. The Hall–Kier alpha value is -3.14. The molecule has 1 atom stereocenters. The maximum absolute atomic E-state index is 14.2. The van der Waals surface area contributed by atoms with Gasteiger partial charge in [0.2, 0.25) is 0 Å². The molecule has 4 heteroatoms. The number of benzene rings is 1. The number of hydrogen-bond donors (Lipinski definition) is 2. The fourth-order valence-electron chi connectivity index (χ4n) is 4.11. The van der Waals surface area contributed by atoms with Crippen molar-refractivity contribution >= 4 is 12.0 Å². The Bertz CT molecular complexity index is 1050. The third-order valence-corrected chi connectivity index (χ3v) is 6.08. The van der Waals surface area contributed by atoms with Crippen LogP contribution in [0, 0.1) is 18.2 Å². The monoisotopic (exact) mass is 447 g/mol. The first-order valence-corrected chi connectivity index (χ1v) is 11.4. The van der Waals surface area contributed by atoms with E-state index in [-0.39, 0.29) is 17.3 Å². The van der Waals surface area contributed by atoms with Gasteiger partial charge in [-0.05, 0) is 80.4 Å². The maximum atomic E-state index is 14.2. The Morgan fingerprint density at radius 2 is 1.94 bits per heavy atom. The number of aliphatic imine (C=N–C) groups is 1. The van der Waals surface area contributed by atoms with Gasteiger partial charge in [-0.25, -0.2) is 4.39 Å². The van der Waals surface area contributed by atoms with Crippen molar-refractivity contribution in [1.29, 1.82) is 0 Å². The highest BCUT2D eigenvalue weighted by atomic mass is 19.1. The topological polar surface area (TPSA) is 50.4 Å². The summed E-state index contributed by atoms with van der Waals surface area (Å²) in [6.07, 6.45) is 15.9. The summed E-state index contributed by atoms with van der Waals surface area (Å²) in [6, 6.07) is 5.45. The van der Waals surface area contributed by atoms with Gasteiger partial charge >= 0.3 is 0 Å². The Morgan fingerprint density at radius 1 is 1.21 bits per heavy atom. The molecular formula is C29H38FN3. The second-order valence-electron chi connectivity index (χ2n) is 9.41. The molecule has 176 valence electrons. The third-order valence-electron chi connectivity index (χ3n) is 6.08. The molecule has 1 aromatic carbocycles. The standard InChI is InChI=1S/C29H38FN3/c1-20(14-15-25-24(5)26(32-19-31)16-17-29(25,6)7)10-8-11-21(2)18-23(4)33-27-13-9-12-22(3)28(27)30/h8-15,18-19,26,33H,4,16-17H2,1-3,5-7H3,(H2,31,32)/b11-8+,15-14+,20-10+,21-18+. The number of hydrogen-bond acceptors (Lipinski definition) is 2. The number of aryl methyl sites for hydroxylation is 1. The van der Waals surface area contributed by atoms with Crippen LogP contribution in [0.25, 0.3) is 0 Å². The average molecular weight is 448 g/mol. The predicted molar refractivity (Wildman–Crippen MR) is 142 cm³/mol. The molecule has 0 aliphatic heterocycles. The largest absolute Gasteiger partial charge is 0.390 e. The van der Waals surface area contributed by atoms with Crippen molar-refractivity contribution in [1.82, 2.24) is 0 Å². The van der Waals surface area contributed by atoms with Gasteiger partial charge in [-0.2, -0.15) is 0 Å². The van der Waals surface area contributed by atoms with Crippen molar-refractivity contribution in [2.24, 2.45) is 16.1 Å². The van der Waals surface area contributed by atoms with Gasteiger partial charge in [0.15, 0.2) is 0 Å². The van der Waals surface area contributed by atoms with Crippen LogP contribution in [-0.2, 0) is 0 Å². The van der Waals surface area contributed by atoms with Gasteiger partial charge in [-0.1, -0.05) is 68.5 Å². The maximum Gasteiger partial charge on any atom is 0.149 e. The number of allylic oxidation sites excluding steroid dienone is 9. The second-order valence-corrected chi connectivity index (χ2v) is 9.41. The van der Waals surface area contributed by atoms with Gasteiger partial charge in [0, 0.05) is 5.70 Å². The van der Waals surface area contributed by atoms with Crippen LogP contribution < -0.4 is 11.1 Å². The van der Waals surface area contributed by atoms with Gasteiger partial charge in [0.1, 0.15) is 5.82 Å². The lowest BCUT2D eigenvalue weighted by atomic mass is 9.71. The number of halogens is 1. The zero-order valence-electron chi connectivity index (χ0n) is 20.9. The molecule has 3 N–H and O–H groups in total. The van der Waals surface area contributed by atoms with Crippen LogP contribution in [0.1, 0.15) is 53.0 Å². The van der Waals surface area contributed by atoms with Gasteiger partial charge in [0.05, 0.1) is 18.1 Å². The summed E-state index contributed by atoms with van der Waals surface area (Å²) in [7, 11) is 0. The molecular weight excluding hydrogens is 409 g/mol. The van der Waals surface area contributed by atoms with Crippen LogP contribution in [0.5, 0.6) is 0 Å². The normalized spacial score (nSPS) is 19.8. The number of rotatable bonds is 8. The van der Waals surface area contributed by atoms with Crippen molar-refractivity contribution in [3.8, 4) is 0 Å². The lowest BCUT2D eigenvalue weighted by molar-refractivity contribution is 0.360. The van der Waals surface area contributed by atoms with E-state index < -0.39 is 0 Å². The highest BCUT2D eigenvalue weighted by Gasteiger charge is 2.31. The third kappa shape index (κ3) is 7.45. The molecule has 0 aromatic heterocycles. The summed E-state index contributed by atoms with van der Waals surface area (Å²) < 4.78 is 14.2. The van der Waals surface area contributed by atoms with E-state index in [2.05, 4.69) is 62.8 Å². The molecule has 2 rings (SSSR count). The summed E-state index contributed by atoms with van der Waals surface area (Å²) in [6.45, 7) is 16.5. The van der Waals surface area contributed by atoms with Crippen LogP contribution in [0.4, 0.5) is 10.1 Å². The average Bonchev–Trinajstić information content (AvgIpc) is 2.73. The molecule has 0 heterocycles. The molecule has 0 spiro atoms. The minimum absolute atomic E-state index is 0.126. The predicted octanol–water partition coefficient (Wildman–Crippen LogP) is 7.56. The SMILES string of the molecule is C=C(/C=C(C)/C=C/C=C(C)/C=C/C1=C(C)C(N=CN)CCC1(C)C)Nc1cccc(C)c1F. The Balaban J connectivity index is 2.06. The van der Waals surface area contributed by atoms with E-state index in [0.717, 1.165) is 24.0 Å².